The minimum atomic E-state index is 0.843. The largest absolute Gasteiger partial charge is 0.493 e. The number of halogens is 1. The van der Waals surface area contributed by atoms with Crippen LogP contribution in [0.15, 0.2) is 16.6 Å². The molecule has 0 saturated carbocycles. The van der Waals surface area contributed by atoms with E-state index in [0.29, 0.717) is 0 Å². The number of ether oxygens (including phenoxy) is 1. The third-order valence-electron chi connectivity index (χ3n) is 2.95. The molecular weight excluding hydrogens is 266 g/mol. The van der Waals surface area contributed by atoms with E-state index in [-0.39, 0.29) is 0 Å². The highest BCUT2D eigenvalue weighted by Crippen LogP contribution is 2.33. The lowest BCUT2D eigenvalue weighted by atomic mass is 10.0. The average molecular weight is 284 g/mol. The highest BCUT2D eigenvalue weighted by Gasteiger charge is 2.16. The quantitative estimate of drug-likeness (QED) is 0.839. The average Bonchev–Trinajstić information content (AvgIpc) is 2.72. The molecule has 3 heteroatoms. The summed E-state index contributed by atoms with van der Waals surface area (Å²) < 4.78 is 6.89. The minimum Gasteiger partial charge on any atom is -0.493 e. The number of hydrogen-bond acceptors (Lipinski definition) is 2. The zero-order valence-electron chi connectivity index (χ0n) is 9.68. The topological polar surface area (TPSA) is 21.3 Å². The van der Waals surface area contributed by atoms with Crippen molar-refractivity contribution in [2.75, 3.05) is 20.2 Å². The molecule has 1 heterocycles. The standard InChI is InChI=1S/C13H18BrNO/c1-15-6-3-2-4-10-8-12(14)9-11-5-7-16-13(10)11/h8-9,15H,2-7H2,1H3. The van der Waals surface area contributed by atoms with E-state index in [1.165, 1.54) is 28.4 Å². The molecule has 2 nitrogen and oxygen atoms in total. The van der Waals surface area contributed by atoms with Gasteiger partial charge in [-0.05, 0) is 56.1 Å². The number of benzene rings is 1. The second-order valence-corrected chi connectivity index (χ2v) is 5.13. The number of rotatable bonds is 5. The maximum atomic E-state index is 5.71. The van der Waals surface area contributed by atoms with Crippen LogP contribution in [0.3, 0.4) is 0 Å². The van der Waals surface area contributed by atoms with Crippen LogP contribution in [0, 0.1) is 0 Å². The molecule has 0 radical (unpaired) electrons. The molecule has 1 N–H and O–H groups in total. The molecule has 16 heavy (non-hydrogen) atoms. The minimum absolute atomic E-state index is 0.843. The third-order valence-corrected chi connectivity index (χ3v) is 3.41. The number of nitrogens with one attached hydrogen (secondary N) is 1. The van der Waals surface area contributed by atoms with Crippen molar-refractivity contribution in [3.63, 3.8) is 0 Å². The Balaban J connectivity index is 2.03. The second-order valence-electron chi connectivity index (χ2n) is 4.21. The monoisotopic (exact) mass is 283 g/mol. The highest BCUT2D eigenvalue weighted by atomic mass is 79.9. The van der Waals surface area contributed by atoms with Crippen LogP contribution < -0.4 is 10.1 Å². The fourth-order valence-corrected chi connectivity index (χ4v) is 2.70. The maximum absolute atomic E-state index is 5.71. The summed E-state index contributed by atoms with van der Waals surface area (Å²) in [7, 11) is 2.00. The lowest BCUT2D eigenvalue weighted by Gasteiger charge is -2.08. The van der Waals surface area contributed by atoms with Crippen molar-refractivity contribution < 1.29 is 4.74 Å². The summed E-state index contributed by atoms with van der Waals surface area (Å²) in [6.07, 6.45) is 4.60. The molecule has 0 aromatic heterocycles. The Labute approximate surface area is 106 Å². The summed E-state index contributed by atoms with van der Waals surface area (Å²) >= 11 is 3.57. The SMILES string of the molecule is CNCCCCc1cc(Br)cc2c1OCC2. The van der Waals surface area contributed by atoms with E-state index in [1.54, 1.807) is 0 Å². The second kappa shape index (κ2) is 5.69. The molecule has 1 aliphatic rings. The summed E-state index contributed by atoms with van der Waals surface area (Å²) in [5.41, 5.74) is 2.72. The molecule has 0 spiro atoms. The predicted octanol–water partition coefficient (Wildman–Crippen LogP) is 2.93. The van der Waals surface area contributed by atoms with Gasteiger partial charge in [0.05, 0.1) is 6.61 Å². The van der Waals surface area contributed by atoms with Crippen molar-refractivity contribution in [2.45, 2.75) is 25.7 Å². The van der Waals surface area contributed by atoms with Gasteiger partial charge in [-0.15, -0.1) is 0 Å². The van der Waals surface area contributed by atoms with Crippen molar-refractivity contribution in [3.8, 4) is 5.75 Å². The molecule has 0 atom stereocenters. The molecule has 0 unspecified atom stereocenters. The van der Waals surface area contributed by atoms with Crippen LogP contribution in [-0.4, -0.2) is 20.2 Å². The lowest BCUT2D eigenvalue weighted by Crippen LogP contribution is -2.07. The van der Waals surface area contributed by atoms with Gasteiger partial charge in [0.15, 0.2) is 0 Å². The summed E-state index contributed by atoms with van der Waals surface area (Å²) in [6.45, 7) is 1.94. The zero-order chi connectivity index (χ0) is 11.4. The van der Waals surface area contributed by atoms with Crippen LogP contribution >= 0.6 is 15.9 Å². The Hall–Kier alpha value is -0.540. The summed E-state index contributed by atoms with van der Waals surface area (Å²) in [4.78, 5) is 0. The number of fused-ring (bicyclic) bond motifs is 1. The molecule has 0 saturated heterocycles. The van der Waals surface area contributed by atoms with E-state index < -0.39 is 0 Å². The van der Waals surface area contributed by atoms with E-state index in [2.05, 4.69) is 33.4 Å². The van der Waals surface area contributed by atoms with Crippen LogP contribution in [0.2, 0.25) is 0 Å². The molecular formula is C13H18BrNO. The lowest BCUT2D eigenvalue weighted by molar-refractivity contribution is 0.353. The Morgan fingerprint density at radius 1 is 1.38 bits per heavy atom. The smallest absolute Gasteiger partial charge is 0.125 e. The highest BCUT2D eigenvalue weighted by molar-refractivity contribution is 9.10. The van der Waals surface area contributed by atoms with Crippen LogP contribution in [0.1, 0.15) is 24.0 Å². The van der Waals surface area contributed by atoms with E-state index in [4.69, 9.17) is 4.74 Å². The van der Waals surface area contributed by atoms with E-state index in [1.807, 2.05) is 7.05 Å². The molecule has 1 aliphatic heterocycles. The van der Waals surface area contributed by atoms with Gasteiger partial charge in [0.2, 0.25) is 0 Å². The maximum Gasteiger partial charge on any atom is 0.125 e. The zero-order valence-corrected chi connectivity index (χ0v) is 11.3. The van der Waals surface area contributed by atoms with Crippen molar-refractivity contribution in [2.24, 2.45) is 0 Å². The van der Waals surface area contributed by atoms with Gasteiger partial charge in [0.1, 0.15) is 5.75 Å². The number of aryl methyl sites for hydroxylation is 1. The van der Waals surface area contributed by atoms with Crippen molar-refractivity contribution in [3.05, 3.63) is 27.7 Å². The van der Waals surface area contributed by atoms with Gasteiger partial charge in [-0.25, -0.2) is 0 Å². The molecule has 1 aromatic rings. The molecule has 0 fully saturated rings. The summed E-state index contributed by atoms with van der Waals surface area (Å²) in [5, 5.41) is 3.18. The molecule has 0 amide bonds. The number of unbranched alkanes of at least 4 members (excludes halogenated alkanes) is 1. The Kier molecular flexibility index (Phi) is 4.24. The van der Waals surface area contributed by atoms with Gasteiger partial charge in [0, 0.05) is 10.9 Å². The van der Waals surface area contributed by atoms with Crippen LogP contribution in [0.25, 0.3) is 0 Å². The third kappa shape index (κ3) is 2.77. The van der Waals surface area contributed by atoms with Gasteiger partial charge in [-0.1, -0.05) is 15.9 Å². The van der Waals surface area contributed by atoms with Crippen molar-refractivity contribution >= 4 is 15.9 Å². The molecule has 0 bridgehead atoms. The van der Waals surface area contributed by atoms with Gasteiger partial charge in [-0.3, -0.25) is 0 Å². The predicted molar refractivity (Wildman–Crippen MR) is 70.2 cm³/mol. The van der Waals surface area contributed by atoms with E-state index >= 15 is 0 Å². The first-order valence-corrected chi connectivity index (χ1v) is 6.69. The van der Waals surface area contributed by atoms with E-state index in [9.17, 15) is 0 Å². The van der Waals surface area contributed by atoms with Crippen molar-refractivity contribution in [1.82, 2.24) is 5.32 Å². The van der Waals surface area contributed by atoms with Crippen LogP contribution in [0.5, 0.6) is 5.75 Å². The Morgan fingerprint density at radius 2 is 2.25 bits per heavy atom. The number of hydrogen-bond donors (Lipinski definition) is 1. The fourth-order valence-electron chi connectivity index (χ4n) is 2.15. The fraction of sp³-hybridized carbons (Fsp3) is 0.538. The van der Waals surface area contributed by atoms with Gasteiger partial charge in [0.25, 0.3) is 0 Å². The first-order valence-electron chi connectivity index (χ1n) is 5.90. The van der Waals surface area contributed by atoms with Crippen LogP contribution in [0.4, 0.5) is 0 Å². The normalized spacial score (nSPS) is 13.6. The van der Waals surface area contributed by atoms with Crippen molar-refractivity contribution in [1.29, 1.82) is 0 Å². The Morgan fingerprint density at radius 3 is 3.06 bits per heavy atom. The Bertz CT molecular complexity index is 365. The van der Waals surface area contributed by atoms with Crippen LogP contribution in [-0.2, 0) is 12.8 Å². The molecule has 2 rings (SSSR count). The molecule has 1 aromatic carbocycles. The summed E-state index contributed by atoms with van der Waals surface area (Å²) in [6, 6.07) is 4.38. The molecule has 0 aliphatic carbocycles. The first kappa shape index (κ1) is 11.9. The first-order chi connectivity index (χ1) is 7.81. The van der Waals surface area contributed by atoms with Gasteiger partial charge >= 0.3 is 0 Å². The van der Waals surface area contributed by atoms with Gasteiger partial charge < -0.3 is 10.1 Å². The van der Waals surface area contributed by atoms with Gasteiger partial charge in [-0.2, -0.15) is 0 Å². The van der Waals surface area contributed by atoms with E-state index in [0.717, 1.165) is 31.7 Å². The molecule has 88 valence electrons. The summed E-state index contributed by atoms with van der Waals surface area (Å²) in [5.74, 6) is 1.15.